The van der Waals surface area contributed by atoms with Gasteiger partial charge in [-0.3, -0.25) is 4.79 Å². The van der Waals surface area contributed by atoms with E-state index in [0.29, 0.717) is 18.5 Å². The molecule has 96 valence electrons. The van der Waals surface area contributed by atoms with Crippen LogP contribution in [0.25, 0.3) is 0 Å². The molecule has 0 aromatic carbocycles. The summed E-state index contributed by atoms with van der Waals surface area (Å²) in [5.41, 5.74) is 7.45. The van der Waals surface area contributed by atoms with Gasteiger partial charge in [0.2, 0.25) is 0 Å². The number of nitrogens with two attached hydrogens (primary N) is 1. The Bertz CT molecular complexity index is 391. The van der Waals surface area contributed by atoms with Crippen molar-refractivity contribution in [1.82, 2.24) is 9.88 Å². The van der Waals surface area contributed by atoms with Gasteiger partial charge in [0, 0.05) is 25.0 Å². The predicted octanol–water partition coefficient (Wildman–Crippen LogP) is 1.55. The number of aryl methyl sites for hydroxylation is 1. The van der Waals surface area contributed by atoms with Gasteiger partial charge in [-0.15, -0.1) is 12.4 Å². The van der Waals surface area contributed by atoms with Crippen molar-refractivity contribution in [3.05, 3.63) is 23.5 Å². The molecule has 0 radical (unpaired) electrons. The monoisotopic (exact) mass is 257 g/mol. The number of amides is 1. The molecule has 0 aliphatic carbocycles. The molecule has 17 heavy (non-hydrogen) atoms. The minimum absolute atomic E-state index is 0. The van der Waals surface area contributed by atoms with Gasteiger partial charge in [0.25, 0.3) is 5.91 Å². The molecule has 1 amide bonds. The Morgan fingerprint density at radius 2 is 2.29 bits per heavy atom. The molecule has 1 aromatic heterocycles. The summed E-state index contributed by atoms with van der Waals surface area (Å²) in [7, 11) is 0. The summed E-state index contributed by atoms with van der Waals surface area (Å²) < 4.78 is 0. The van der Waals surface area contributed by atoms with E-state index in [0.717, 1.165) is 24.1 Å². The summed E-state index contributed by atoms with van der Waals surface area (Å²) in [4.78, 5) is 17.2. The first-order valence-electron chi connectivity index (χ1n) is 5.78. The molecule has 1 fully saturated rings. The zero-order valence-corrected chi connectivity index (χ0v) is 11.1. The van der Waals surface area contributed by atoms with Crippen LogP contribution in [0.5, 0.6) is 0 Å². The van der Waals surface area contributed by atoms with Crippen LogP contribution in [0.2, 0.25) is 0 Å². The second-order valence-corrected chi connectivity index (χ2v) is 4.70. The number of nitrogens with one attached hydrogen (secondary N) is 1. The molecule has 2 atom stereocenters. The van der Waals surface area contributed by atoms with E-state index in [1.54, 1.807) is 6.20 Å². The molecule has 2 unspecified atom stereocenters. The summed E-state index contributed by atoms with van der Waals surface area (Å²) in [6, 6.07) is 0.301. The third kappa shape index (κ3) is 2.64. The number of aromatic amines is 1. The van der Waals surface area contributed by atoms with Crippen molar-refractivity contribution in [1.29, 1.82) is 0 Å². The highest BCUT2D eigenvalue weighted by molar-refractivity contribution is 5.95. The summed E-state index contributed by atoms with van der Waals surface area (Å²) in [6.45, 7) is 5.50. The summed E-state index contributed by atoms with van der Waals surface area (Å²) >= 11 is 0. The molecule has 1 saturated heterocycles. The molecule has 5 heteroatoms. The van der Waals surface area contributed by atoms with Crippen LogP contribution in [0.1, 0.15) is 29.3 Å². The Morgan fingerprint density at radius 1 is 1.59 bits per heavy atom. The van der Waals surface area contributed by atoms with Crippen molar-refractivity contribution >= 4 is 18.3 Å². The van der Waals surface area contributed by atoms with Crippen LogP contribution >= 0.6 is 12.4 Å². The van der Waals surface area contributed by atoms with Crippen LogP contribution in [0, 0.1) is 12.8 Å². The molecule has 1 aliphatic heterocycles. The highest BCUT2D eigenvalue weighted by Crippen LogP contribution is 2.24. The Labute approximate surface area is 108 Å². The fourth-order valence-electron chi connectivity index (χ4n) is 2.42. The minimum atomic E-state index is 0. The van der Waals surface area contributed by atoms with Gasteiger partial charge in [0.05, 0.1) is 5.56 Å². The molecule has 1 aromatic rings. The minimum Gasteiger partial charge on any atom is -0.367 e. The summed E-state index contributed by atoms with van der Waals surface area (Å²) in [5.74, 6) is 0.584. The van der Waals surface area contributed by atoms with Crippen LogP contribution in [0.4, 0.5) is 0 Å². The van der Waals surface area contributed by atoms with Crippen LogP contribution in [-0.2, 0) is 0 Å². The van der Waals surface area contributed by atoms with Crippen molar-refractivity contribution in [2.24, 2.45) is 11.7 Å². The normalized spacial score (nSPS) is 23.6. The first-order chi connectivity index (χ1) is 7.63. The molecule has 1 aliphatic rings. The fraction of sp³-hybridized carbons (Fsp3) is 0.583. The zero-order valence-electron chi connectivity index (χ0n) is 10.3. The van der Waals surface area contributed by atoms with E-state index in [9.17, 15) is 4.79 Å². The van der Waals surface area contributed by atoms with E-state index < -0.39 is 0 Å². The van der Waals surface area contributed by atoms with E-state index in [-0.39, 0.29) is 18.3 Å². The third-order valence-electron chi connectivity index (χ3n) is 3.44. The zero-order chi connectivity index (χ0) is 11.7. The molecule has 3 N–H and O–H groups in total. The van der Waals surface area contributed by atoms with Gasteiger partial charge in [-0.05, 0) is 38.3 Å². The van der Waals surface area contributed by atoms with E-state index >= 15 is 0 Å². The molecular weight excluding hydrogens is 238 g/mol. The highest BCUT2D eigenvalue weighted by atomic mass is 35.5. The smallest absolute Gasteiger partial charge is 0.255 e. The maximum Gasteiger partial charge on any atom is 0.255 e. The molecule has 2 rings (SSSR count). The van der Waals surface area contributed by atoms with Crippen LogP contribution in [-0.4, -0.2) is 34.9 Å². The van der Waals surface area contributed by atoms with Crippen LogP contribution in [0.3, 0.4) is 0 Å². The maximum atomic E-state index is 12.3. The topological polar surface area (TPSA) is 62.1 Å². The van der Waals surface area contributed by atoms with Crippen molar-refractivity contribution in [2.75, 3.05) is 13.1 Å². The van der Waals surface area contributed by atoms with Crippen molar-refractivity contribution in [3.63, 3.8) is 0 Å². The number of carbonyl (C=O) groups excluding carboxylic acids is 1. The number of hydrogen-bond donors (Lipinski definition) is 2. The van der Waals surface area contributed by atoms with E-state index in [4.69, 9.17) is 5.73 Å². The number of hydrogen-bond acceptors (Lipinski definition) is 2. The van der Waals surface area contributed by atoms with E-state index in [1.165, 1.54) is 0 Å². The number of likely N-dealkylation sites (tertiary alicyclic amines) is 1. The molecule has 0 spiro atoms. The Hall–Kier alpha value is -1.00. The van der Waals surface area contributed by atoms with Crippen LogP contribution in [0.15, 0.2) is 12.4 Å². The number of carbonyl (C=O) groups is 1. The van der Waals surface area contributed by atoms with Gasteiger partial charge >= 0.3 is 0 Å². The van der Waals surface area contributed by atoms with Crippen molar-refractivity contribution in [2.45, 2.75) is 26.3 Å². The van der Waals surface area contributed by atoms with E-state index in [2.05, 4.69) is 11.9 Å². The molecule has 0 bridgehead atoms. The lowest BCUT2D eigenvalue weighted by atomic mass is 10.1. The van der Waals surface area contributed by atoms with Crippen molar-refractivity contribution < 1.29 is 4.79 Å². The van der Waals surface area contributed by atoms with Gasteiger partial charge in [0.1, 0.15) is 0 Å². The van der Waals surface area contributed by atoms with Gasteiger partial charge in [-0.1, -0.05) is 0 Å². The lowest BCUT2D eigenvalue weighted by Crippen LogP contribution is -2.34. The highest BCUT2D eigenvalue weighted by Gasteiger charge is 2.32. The van der Waals surface area contributed by atoms with Gasteiger partial charge in [-0.2, -0.15) is 0 Å². The van der Waals surface area contributed by atoms with Crippen LogP contribution < -0.4 is 5.73 Å². The lowest BCUT2D eigenvalue weighted by Gasteiger charge is -2.21. The third-order valence-corrected chi connectivity index (χ3v) is 3.44. The average molecular weight is 258 g/mol. The number of nitrogens with zero attached hydrogens (tertiary/aromatic N) is 1. The maximum absolute atomic E-state index is 12.3. The SMILES string of the molecule is Cc1c[nH]cc1C(=O)N1CC(CN)CC1C.Cl. The van der Waals surface area contributed by atoms with Crippen molar-refractivity contribution in [3.8, 4) is 0 Å². The first kappa shape index (κ1) is 14.1. The summed E-state index contributed by atoms with van der Waals surface area (Å²) in [6.07, 6.45) is 4.65. The predicted molar refractivity (Wildman–Crippen MR) is 70.4 cm³/mol. The fourth-order valence-corrected chi connectivity index (χ4v) is 2.42. The largest absolute Gasteiger partial charge is 0.367 e. The Morgan fingerprint density at radius 3 is 2.76 bits per heavy atom. The Kier molecular flexibility index (Phi) is 4.60. The number of H-pyrrole nitrogens is 1. The second-order valence-electron chi connectivity index (χ2n) is 4.70. The number of halogens is 1. The first-order valence-corrected chi connectivity index (χ1v) is 5.78. The summed E-state index contributed by atoms with van der Waals surface area (Å²) in [5, 5.41) is 0. The standard InChI is InChI=1S/C12H19N3O.ClH/c1-8-5-14-6-11(8)12(16)15-7-10(4-13)3-9(15)2;/h5-6,9-10,14H,3-4,7,13H2,1-2H3;1H. The Balaban J connectivity index is 0.00000144. The molecular formula is C12H20ClN3O. The van der Waals surface area contributed by atoms with Gasteiger partial charge in [0.15, 0.2) is 0 Å². The number of rotatable bonds is 2. The molecule has 4 nitrogen and oxygen atoms in total. The van der Waals surface area contributed by atoms with Gasteiger partial charge < -0.3 is 15.6 Å². The van der Waals surface area contributed by atoms with E-state index in [1.807, 2.05) is 18.0 Å². The number of aromatic nitrogens is 1. The van der Waals surface area contributed by atoms with Gasteiger partial charge in [-0.25, -0.2) is 0 Å². The second kappa shape index (κ2) is 5.56. The molecule has 2 heterocycles. The molecule has 0 saturated carbocycles. The quantitative estimate of drug-likeness (QED) is 0.845. The average Bonchev–Trinajstić information content (AvgIpc) is 2.83. The lowest BCUT2D eigenvalue weighted by molar-refractivity contribution is 0.0743.